The Morgan fingerprint density at radius 2 is 2.00 bits per heavy atom. The van der Waals surface area contributed by atoms with Gasteiger partial charge in [0.2, 0.25) is 15.9 Å². The monoisotopic (exact) mass is 386 g/mol. The predicted octanol–water partition coefficient (Wildman–Crippen LogP) is 0.946. The van der Waals surface area contributed by atoms with Gasteiger partial charge in [0.05, 0.1) is 23.8 Å². The molecule has 1 aromatic rings. The fraction of sp³-hybridized carbons (Fsp3) is 0.500. The first-order chi connectivity index (χ1) is 11.8. The summed E-state index contributed by atoms with van der Waals surface area (Å²) in [7, 11) is -3.51. The number of nitrogens with zero attached hydrogens (tertiary/aromatic N) is 1. The molecule has 1 aliphatic heterocycles. The zero-order chi connectivity index (χ0) is 18.4. The standard InChI is InChI=1S/C16H22N2O5S2/c1-2-17-25(22,23)14-5-3-12(4-6-14)9-15(19)18-7-8-24-11-13(18)10-16(20)21/h3-6,13,17H,2,7-11H2,1H3,(H,20,21). The number of hydrogen-bond donors (Lipinski definition) is 2. The molecule has 1 aromatic carbocycles. The van der Waals surface area contributed by atoms with Crippen molar-refractivity contribution in [3.05, 3.63) is 29.8 Å². The Balaban J connectivity index is 2.05. The fourth-order valence-electron chi connectivity index (χ4n) is 2.69. The molecule has 1 heterocycles. The topological polar surface area (TPSA) is 104 Å². The molecule has 0 spiro atoms. The van der Waals surface area contributed by atoms with Crippen molar-refractivity contribution in [1.29, 1.82) is 0 Å². The van der Waals surface area contributed by atoms with E-state index >= 15 is 0 Å². The molecule has 1 atom stereocenters. The summed E-state index contributed by atoms with van der Waals surface area (Å²) in [5, 5.41) is 9.00. The highest BCUT2D eigenvalue weighted by Gasteiger charge is 2.28. The Kier molecular flexibility index (Phi) is 6.86. The minimum absolute atomic E-state index is 0.0569. The molecule has 0 aliphatic carbocycles. The first-order valence-electron chi connectivity index (χ1n) is 8.01. The molecule has 2 rings (SSSR count). The van der Waals surface area contributed by atoms with E-state index in [0.29, 0.717) is 24.4 Å². The Bertz CT molecular complexity index is 719. The lowest BCUT2D eigenvalue weighted by Crippen LogP contribution is -2.47. The van der Waals surface area contributed by atoms with Crippen LogP contribution < -0.4 is 4.72 Å². The van der Waals surface area contributed by atoms with Crippen molar-refractivity contribution in [2.45, 2.75) is 30.7 Å². The Morgan fingerprint density at radius 1 is 1.32 bits per heavy atom. The average molecular weight is 386 g/mol. The van der Waals surface area contributed by atoms with E-state index < -0.39 is 16.0 Å². The van der Waals surface area contributed by atoms with Crippen LogP contribution in [-0.4, -0.2) is 60.9 Å². The van der Waals surface area contributed by atoms with Gasteiger partial charge in [-0.15, -0.1) is 0 Å². The number of thioether (sulfide) groups is 1. The van der Waals surface area contributed by atoms with E-state index in [-0.39, 0.29) is 29.7 Å². The van der Waals surface area contributed by atoms with Gasteiger partial charge in [0.25, 0.3) is 0 Å². The summed E-state index contributed by atoms with van der Waals surface area (Å²) in [6, 6.07) is 5.89. The summed E-state index contributed by atoms with van der Waals surface area (Å²) in [6.45, 7) is 2.55. The van der Waals surface area contributed by atoms with Crippen molar-refractivity contribution < 1.29 is 23.1 Å². The van der Waals surface area contributed by atoms with Gasteiger partial charge in [0.1, 0.15) is 0 Å². The van der Waals surface area contributed by atoms with Crippen molar-refractivity contribution in [3.63, 3.8) is 0 Å². The lowest BCUT2D eigenvalue weighted by atomic mass is 10.1. The molecule has 0 aromatic heterocycles. The number of amides is 1. The summed E-state index contributed by atoms with van der Waals surface area (Å²) < 4.78 is 26.2. The van der Waals surface area contributed by atoms with Crippen LogP contribution in [0.3, 0.4) is 0 Å². The van der Waals surface area contributed by atoms with Gasteiger partial charge in [-0.05, 0) is 17.7 Å². The van der Waals surface area contributed by atoms with Crippen LogP contribution in [0.4, 0.5) is 0 Å². The van der Waals surface area contributed by atoms with Gasteiger partial charge in [-0.1, -0.05) is 19.1 Å². The van der Waals surface area contributed by atoms with Crippen LogP contribution in [-0.2, 0) is 26.0 Å². The van der Waals surface area contributed by atoms with E-state index in [1.807, 2.05) is 0 Å². The summed E-state index contributed by atoms with van der Waals surface area (Å²) >= 11 is 1.65. The summed E-state index contributed by atoms with van der Waals surface area (Å²) in [6.07, 6.45) is 0.0704. The number of hydrogen-bond acceptors (Lipinski definition) is 5. The molecule has 1 fully saturated rings. The highest BCUT2D eigenvalue weighted by Crippen LogP contribution is 2.20. The lowest BCUT2D eigenvalue weighted by molar-refractivity contribution is -0.140. The predicted molar refractivity (Wildman–Crippen MR) is 96.1 cm³/mol. The van der Waals surface area contributed by atoms with Crippen molar-refractivity contribution in [2.24, 2.45) is 0 Å². The van der Waals surface area contributed by atoms with Crippen molar-refractivity contribution in [3.8, 4) is 0 Å². The first kappa shape index (κ1) is 19.7. The minimum Gasteiger partial charge on any atom is -0.481 e. The average Bonchev–Trinajstić information content (AvgIpc) is 2.55. The van der Waals surface area contributed by atoms with Crippen LogP contribution in [0.2, 0.25) is 0 Å². The van der Waals surface area contributed by atoms with Gasteiger partial charge in [-0.2, -0.15) is 11.8 Å². The van der Waals surface area contributed by atoms with Crippen molar-refractivity contribution in [2.75, 3.05) is 24.6 Å². The second-order valence-corrected chi connectivity index (χ2v) is 8.65. The van der Waals surface area contributed by atoms with Gasteiger partial charge in [0, 0.05) is 24.6 Å². The molecular weight excluding hydrogens is 364 g/mol. The third-order valence-electron chi connectivity index (χ3n) is 3.88. The number of carboxylic acid groups (broad SMARTS) is 1. The van der Waals surface area contributed by atoms with Crippen LogP contribution in [0.15, 0.2) is 29.2 Å². The summed E-state index contributed by atoms with van der Waals surface area (Å²) in [5.41, 5.74) is 0.702. The zero-order valence-corrected chi connectivity index (χ0v) is 15.6. The van der Waals surface area contributed by atoms with Gasteiger partial charge >= 0.3 is 5.97 Å². The van der Waals surface area contributed by atoms with Gasteiger partial charge < -0.3 is 10.0 Å². The maximum Gasteiger partial charge on any atom is 0.305 e. The van der Waals surface area contributed by atoms with E-state index in [0.717, 1.165) is 5.75 Å². The largest absolute Gasteiger partial charge is 0.481 e. The molecule has 1 saturated heterocycles. The smallest absolute Gasteiger partial charge is 0.305 e. The lowest BCUT2D eigenvalue weighted by Gasteiger charge is -2.34. The summed E-state index contributed by atoms with van der Waals surface area (Å²) in [5.74, 6) is 0.372. The molecule has 1 aliphatic rings. The van der Waals surface area contributed by atoms with Crippen LogP contribution >= 0.6 is 11.8 Å². The second-order valence-electron chi connectivity index (χ2n) is 5.74. The quantitative estimate of drug-likeness (QED) is 0.723. The van der Waals surface area contributed by atoms with Gasteiger partial charge in [0.15, 0.2) is 0 Å². The number of carbonyl (C=O) groups excluding carboxylic acids is 1. The molecule has 0 radical (unpaired) electrons. The molecule has 1 unspecified atom stereocenters. The SMILES string of the molecule is CCNS(=O)(=O)c1ccc(CC(=O)N2CCSCC2CC(=O)O)cc1. The first-order valence-corrected chi connectivity index (χ1v) is 10.6. The maximum absolute atomic E-state index is 12.5. The summed E-state index contributed by atoms with van der Waals surface area (Å²) in [4.78, 5) is 25.3. The zero-order valence-electron chi connectivity index (χ0n) is 14.0. The number of aliphatic carboxylic acids is 1. The number of benzene rings is 1. The normalized spacial score (nSPS) is 18.1. The van der Waals surface area contributed by atoms with E-state index in [9.17, 15) is 18.0 Å². The third-order valence-corrected chi connectivity index (χ3v) is 6.53. The van der Waals surface area contributed by atoms with E-state index in [2.05, 4.69) is 4.72 Å². The minimum atomic E-state index is -3.51. The molecule has 138 valence electrons. The van der Waals surface area contributed by atoms with Crippen molar-refractivity contribution >= 4 is 33.7 Å². The molecular formula is C16H22N2O5S2. The molecule has 0 saturated carbocycles. The number of sulfonamides is 1. The van der Waals surface area contributed by atoms with Crippen LogP contribution in [0.25, 0.3) is 0 Å². The number of carboxylic acids is 1. The van der Waals surface area contributed by atoms with Crippen molar-refractivity contribution in [1.82, 2.24) is 9.62 Å². The maximum atomic E-state index is 12.5. The highest BCUT2D eigenvalue weighted by atomic mass is 32.2. The van der Waals surface area contributed by atoms with E-state index in [1.54, 1.807) is 35.7 Å². The van der Waals surface area contributed by atoms with Crippen LogP contribution in [0.1, 0.15) is 18.9 Å². The second kappa shape index (κ2) is 8.68. The highest BCUT2D eigenvalue weighted by molar-refractivity contribution is 7.99. The molecule has 1 amide bonds. The van der Waals surface area contributed by atoms with E-state index in [1.165, 1.54) is 12.1 Å². The number of carbonyl (C=O) groups is 2. The fourth-order valence-corrected chi connectivity index (χ4v) is 4.79. The molecule has 9 heteroatoms. The number of rotatable bonds is 7. The van der Waals surface area contributed by atoms with Crippen LogP contribution in [0.5, 0.6) is 0 Å². The Morgan fingerprint density at radius 3 is 2.60 bits per heavy atom. The Labute approximate surface area is 151 Å². The molecule has 0 bridgehead atoms. The molecule has 25 heavy (non-hydrogen) atoms. The Hall–Kier alpha value is -1.58. The van der Waals surface area contributed by atoms with Gasteiger partial charge in [-0.3, -0.25) is 9.59 Å². The van der Waals surface area contributed by atoms with Gasteiger partial charge in [-0.25, -0.2) is 13.1 Å². The third kappa shape index (κ3) is 5.45. The molecule has 2 N–H and O–H groups in total. The van der Waals surface area contributed by atoms with Crippen LogP contribution in [0, 0.1) is 0 Å². The number of nitrogens with one attached hydrogen (secondary N) is 1. The van der Waals surface area contributed by atoms with E-state index in [4.69, 9.17) is 5.11 Å². The molecule has 7 nitrogen and oxygen atoms in total.